The van der Waals surface area contributed by atoms with Crippen molar-refractivity contribution in [2.45, 2.75) is 26.4 Å². The van der Waals surface area contributed by atoms with Gasteiger partial charge in [0.2, 0.25) is 0 Å². The molecule has 5 nitrogen and oxygen atoms in total. The molecule has 0 aliphatic carbocycles. The number of nitrogens with two attached hydrogens (primary N) is 1. The van der Waals surface area contributed by atoms with Crippen LogP contribution < -0.4 is 5.73 Å². The molecule has 19 heavy (non-hydrogen) atoms. The lowest BCUT2D eigenvalue weighted by molar-refractivity contribution is 0.0600. The smallest absolute Gasteiger partial charge is 0.405 e. The summed E-state index contributed by atoms with van der Waals surface area (Å²) < 4.78 is 4.58. The van der Waals surface area contributed by atoms with E-state index in [0.717, 1.165) is 5.39 Å². The van der Waals surface area contributed by atoms with Crippen LogP contribution in [0.2, 0.25) is 0 Å². The molecule has 0 aliphatic rings. The Labute approximate surface area is 112 Å². The molecule has 0 saturated carbocycles. The summed E-state index contributed by atoms with van der Waals surface area (Å²) in [5.74, 6) is 0.239. The third-order valence-electron chi connectivity index (χ3n) is 2.02. The maximum atomic E-state index is 10.0. The molecule has 1 aromatic carbocycles. The molecule has 0 fully saturated rings. The highest BCUT2D eigenvalue weighted by Gasteiger charge is 2.12. The minimum Gasteiger partial charge on any atom is -0.506 e. The van der Waals surface area contributed by atoms with Crippen molar-refractivity contribution < 1.29 is 14.6 Å². The summed E-state index contributed by atoms with van der Waals surface area (Å²) in [6.07, 6.45) is 0.944. The normalized spacial score (nSPS) is 10.5. The third kappa shape index (κ3) is 5.25. The van der Waals surface area contributed by atoms with Gasteiger partial charge in [-0.3, -0.25) is 4.98 Å². The maximum absolute atomic E-state index is 10.0. The van der Waals surface area contributed by atoms with Crippen molar-refractivity contribution in [2.75, 3.05) is 0 Å². The lowest BCUT2D eigenvalue weighted by Crippen LogP contribution is -2.27. The molecule has 1 aromatic heterocycles. The predicted octanol–water partition coefficient (Wildman–Crippen LogP) is 2.82. The van der Waals surface area contributed by atoms with Crippen LogP contribution in [0.4, 0.5) is 4.79 Å². The average Bonchev–Trinajstić information content (AvgIpc) is 2.27. The molecule has 0 atom stereocenters. The van der Waals surface area contributed by atoms with Crippen LogP contribution in [0.1, 0.15) is 20.8 Å². The Kier molecular flexibility index (Phi) is 4.69. The Hall–Kier alpha value is -2.30. The monoisotopic (exact) mass is 262 g/mol. The van der Waals surface area contributed by atoms with E-state index in [4.69, 9.17) is 5.73 Å². The van der Waals surface area contributed by atoms with Gasteiger partial charge in [0.05, 0.1) is 0 Å². The number of carbonyl (C=O) groups is 1. The van der Waals surface area contributed by atoms with Gasteiger partial charge in [-0.1, -0.05) is 18.2 Å². The predicted molar refractivity (Wildman–Crippen MR) is 73.8 cm³/mol. The summed E-state index contributed by atoms with van der Waals surface area (Å²) in [6.45, 7) is 5.28. The lowest BCUT2D eigenvalue weighted by atomic mass is 10.2. The Morgan fingerprint density at radius 3 is 2.37 bits per heavy atom. The first-order chi connectivity index (χ1) is 8.79. The Bertz CT molecular complexity index is 557. The van der Waals surface area contributed by atoms with Crippen molar-refractivity contribution in [3.05, 3.63) is 36.5 Å². The number of amides is 1. The van der Waals surface area contributed by atoms with E-state index in [1.165, 1.54) is 0 Å². The molecule has 2 aromatic rings. The number of nitrogens with zero attached hydrogens (tertiary/aromatic N) is 1. The quantitative estimate of drug-likeness (QED) is 0.764. The van der Waals surface area contributed by atoms with Gasteiger partial charge in [-0.05, 0) is 32.9 Å². The first kappa shape index (κ1) is 14.8. The number of hydrogen-bond donors (Lipinski definition) is 2. The van der Waals surface area contributed by atoms with Crippen molar-refractivity contribution in [2.24, 2.45) is 5.73 Å². The molecule has 2 rings (SSSR count). The highest BCUT2D eigenvalue weighted by atomic mass is 16.6. The standard InChI is InChI=1S/C9H7NO.C5H11NO2/c11-8-5-1-3-7-4-2-6-10-9(7)8;1-5(2,3)8-4(6)7/h1-6,11H;1-3H3,(H2,6,7). The van der Waals surface area contributed by atoms with E-state index in [-0.39, 0.29) is 5.75 Å². The van der Waals surface area contributed by atoms with E-state index < -0.39 is 11.7 Å². The van der Waals surface area contributed by atoms with Crippen LogP contribution >= 0.6 is 0 Å². The number of carbonyl (C=O) groups excluding carboxylic acids is 1. The number of phenols is 1. The Balaban J connectivity index is 0.000000203. The maximum Gasteiger partial charge on any atom is 0.405 e. The molecular weight excluding hydrogens is 244 g/mol. The van der Waals surface area contributed by atoms with Crippen LogP contribution in [0.25, 0.3) is 10.9 Å². The molecule has 0 radical (unpaired) electrons. The van der Waals surface area contributed by atoms with Gasteiger partial charge in [0, 0.05) is 11.6 Å². The second-order valence-corrected chi connectivity index (χ2v) is 4.89. The average molecular weight is 262 g/mol. The first-order valence-electron chi connectivity index (χ1n) is 5.81. The summed E-state index contributed by atoms with van der Waals surface area (Å²) in [4.78, 5) is 14.0. The number of benzene rings is 1. The van der Waals surface area contributed by atoms with E-state index in [9.17, 15) is 9.90 Å². The highest BCUT2D eigenvalue weighted by molar-refractivity contribution is 5.83. The Morgan fingerprint density at radius 1 is 1.26 bits per heavy atom. The van der Waals surface area contributed by atoms with Crippen LogP contribution in [0.3, 0.4) is 0 Å². The summed E-state index contributed by atoms with van der Waals surface area (Å²) in [7, 11) is 0. The molecule has 0 aliphatic heterocycles. The molecule has 3 N–H and O–H groups in total. The van der Waals surface area contributed by atoms with Crippen molar-refractivity contribution in [3.8, 4) is 5.75 Å². The number of aromatic nitrogens is 1. The fourth-order valence-electron chi connectivity index (χ4n) is 1.39. The van der Waals surface area contributed by atoms with Crippen LogP contribution in [0, 0.1) is 0 Å². The fraction of sp³-hybridized carbons (Fsp3) is 0.286. The molecule has 0 saturated heterocycles. The molecule has 102 valence electrons. The summed E-state index contributed by atoms with van der Waals surface area (Å²) >= 11 is 0. The molecule has 1 amide bonds. The van der Waals surface area contributed by atoms with E-state index in [1.807, 2.05) is 18.2 Å². The van der Waals surface area contributed by atoms with E-state index in [1.54, 1.807) is 39.1 Å². The van der Waals surface area contributed by atoms with E-state index in [2.05, 4.69) is 9.72 Å². The number of aromatic hydroxyl groups is 1. The number of fused-ring (bicyclic) bond motifs is 1. The molecule has 1 heterocycles. The molecule has 5 heteroatoms. The third-order valence-corrected chi connectivity index (χ3v) is 2.02. The number of rotatable bonds is 0. The number of ether oxygens (including phenoxy) is 1. The second kappa shape index (κ2) is 6.04. The number of primary amides is 1. The number of hydrogen-bond acceptors (Lipinski definition) is 4. The van der Waals surface area contributed by atoms with Crippen molar-refractivity contribution in [1.29, 1.82) is 0 Å². The van der Waals surface area contributed by atoms with Gasteiger partial charge in [0.1, 0.15) is 16.9 Å². The van der Waals surface area contributed by atoms with Crippen LogP contribution in [-0.2, 0) is 4.74 Å². The van der Waals surface area contributed by atoms with Crippen molar-refractivity contribution >= 4 is 17.0 Å². The highest BCUT2D eigenvalue weighted by Crippen LogP contribution is 2.20. The fourth-order valence-corrected chi connectivity index (χ4v) is 1.39. The summed E-state index contributed by atoms with van der Waals surface area (Å²) in [5.41, 5.74) is 4.93. The van der Waals surface area contributed by atoms with Gasteiger partial charge in [-0.15, -0.1) is 0 Å². The minimum absolute atomic E-state index is 0.239. The first-order valence-corrected chi connectivity index (χ1v) is 5.81. The van der Waals surface area contributed by atoms with Crippen LogP contribution in [0.15, 0.2) is 36.5 Å². The van der Waals surface area contributed by atoms with Crippen molar-refractivity contribution in [1.82, 2.24) is 4.98 Å². The van der Waals surface area contributed by atoms with Gasteiger partial charge < -0.3 is 15.6 Å². The van der Waals surface area contributed by atoms with Gasteiger partial charge in [-0.25, -0.2) is 4.79 Å². The molecule has 0 unspecified atom stereocenters. The molecule has 0 spiro atoms. The zero-order valence-corrected chi connectivity index (χ0v) is 11.3. The largest absolute Gasteiger partial charge is 0.506 e. The second-order valence-electron chi connectivity index (χ2n) is 4.89. The van der Waals surface area contributed by atoms with Crippen LogP contribution in [-0.4, -0.2) is 21.8 Å². The van der Waals surface area contributed by atoms with Gasteiger partial charge in [0.15, 0.2) is 0 Å². The van der Waals surface area contributed by atoms with Gasteiger partial charge >= 0.3 is 6.09 Å². The zero-order valence-electron chi connectivity index (χ0n) is 11.3. The SMILES string of the molecule is CC(C)(C)OC(N)=O.Oc1cccc2cccnc12. The van der Waals surface area contributed by atoms with E-state index >= 15 is 0 Å². The summed E-state index contributed by atoms with van der Waals surface area (Å²) in [6, 6.07) is 9.13. The molecular formula is C14H18N2O3. The lowest BCUT2D eigenvalue weighted by Gasteiger charge is -2.16. The van der Waals surface area contributed by atoms with Crippen molar-refractivity contribution in [3.63, 3.8) is 0 Å². The molecule has 0 bridgehead atoms. The Morgan fingerprint density at radius 2 is 1.89 bits per heavy atom. The zero-order chi connectivity index (χ0) is 14.5. The number of para-hydroxylation sites is 1. The van der Waals surface area contributed by atoms with Gasteiger partial charge in [-0.2, -0.15) is 0 Å². The summed E-state index contributed by atoms with van der Waals surface area (Å²) in [5, 5.41) is 10.3. The number of phenolic OH excluding ortho intramolecular Hbond substituents is 1. The van der Waals surface area contributed by atoms with Gasteiger partial charge in [0.25, 0.3) is 0 Å². The van der Waals surface area contributed by atoms with Crippen LogP contribution in [0.5, 0.6) is 5.75 Å². The topological polar surface area (TPSA) is 85.4 Å². The minimum atomic E-state index is -0.725. The van der Waals surface area contributed by atoms with E-state index in [0.29, 0.717) is 5.52 Å². The number of pyridine rings is 1.